The average molecular weight is 272 g/mol. The van der Waals surface area contributed by atoms with Crippen LogP contribution in [0, 0.1) is 5.92 Å². The van der Waals surface area contributed by atoms with E-state index in [1.54, 1.807) is 0 Å². The van der Waals surface area contributed by atoms with Gasteiger partial charge in [-0.05, 0) is 18.6 Å². The Bertz CT molecular complexity index is 621. The van der Waals surface area contributed by atoms with Crippen LogP contribution in [-0.2, 0) is 14.8 Å². The van der Waals surface area contributed by atoms with Gasteiger partial charge in [0.15, 0.2) is 0 Å². The van der Waals surface area contributed by atoms with Crippen molar-refractivity contribution in [3.05, 3.63) is 28.7 Å². The molecule has 1 saturated heterocycles. The summed E-state index contributed by atoms with van der Waals surface area (Å²) in [5.74, 6) is -1.72. The molecule has 1 aromatic rings. The second kappa shape index (κ2) is 4.54. The van der Waals surface area contributed by atoms with Crippen LogP contribution in [0.3, 0.4) is 0 Å². The maximum Gasteiger partial charge on any atom is 0.307 e. The third-order valence-electron chi connectivity index (χ3n) is 2.90. The molecule has 98 valence electrons. The molecule has 0 radical (unpaired) electrons. The molecule has 2 rings (SSSR count). The number of rotatable bonds is 3. The van der Waals surface area contributed by atoms with Crippen molar-refractivity contribution in [2.45, 2.75) is 11.3 Å². The summed E-state index contributed by atoms with van der Waals surface area (Å²) in [6, 6.07) is 2.63. The molecule has 0 unspecified atom stereocenters. The maximum atomic E-state index is 12.1. The lowest BCUT2D eigenvalue weighted by molar-refractivity contribution is -0.141. The van der Waals surface area contributed by atoms with Crippen LogP contribution >= 0.6 is 0 Å². The number of aromatic nitrogens is 1. The zero-order valence-corrected chi connectivity index (χ0v) is 10.2. The predicted molar refractivity (Wildman–Crippen MR) is 61.6 cm³/mol. The summed E-state index contributed by atoms with van der Waals surface area (Å²) in [7, 11) is -3.91. The van der Waals surface area contributed by atoms with E-state index < -0.39 is 27.5 Å². The Morgan fingerprint density at radius 3 is 2.78 bits per heavy atom. The normalized spacial score (nSPS) is 21.0. The maximum absolute atomic E-state index is 12.1. The molecule has 1 aliphatic rings. The topological polar surface area (TPSA) is 108 Å². The fraction of sp³-hybridized carbons (Fsp3) is 0.400. The molecular weight excluding hydrogens is 260 g/mol. The molecule has 1 fully saturated rings. The zero-order chi connectivity index (χ0) is 13.3. The number of pyridine rings is 1. The summed E-state index contributed by atoms with van der Waals surface area (Å²) < 4.78 is 25.3. The highest BCUT2D eigenvalue weighted by Crippen LogP contribution is 2.22. The highest BCUT2D eigenvalue weighted by atomic mass is 32.2. The smallest absolute Gasteiger partial charge is 0.307 e. The van der Waals surface area contributed by atoms with Gasteiger partial charge in [0.05, 0.1) is 5.92 Å². The summed E-state index contributed by atoms with van der Waals surface area (Å²) in [6.45, 7) is 0.0274. The van der Waals surface area contributed by atoms with E-state index >= 15 is 0 Å². The molecule has 2 N–H and O–H groups in total. The number of hydrogen-bond acceptors (Lipinski definition) is 4. The van der Waals surface area contributed by atoms with Gasteiger partial charge in [-0.25, -0.2) is 8.42 Å². The molecule has 1 aliphatic heterocycles. The Balaban J connectivity index is 2.32. The Morgan fingerprint density at radius 2 is 2.22 bits per heavy atom. The Kier molecular flexibility index (Phi) is 3.22. The molecule has 1 aromatic heterocycles. The van der Waals surface area contributed by atoms with E-state index in [0.29, 0.717) is 0 Å². The van der Waals surface area contributed by atoms with Gasteiger partial charge in [0.25, 0.3) is 5.56 Å². The quantitative estimate of drug-likeness (QED) is 0.769. The first-order chi connectivity index (χ1) is 8.43. The van der Waals surface area contributed by atoms with E-state index in [1.807, 2.05) is 0 Å². The molecule has 0 amide bonds. The predicted octanol–water partition coefficient (Wildman–Crippen LogP) is -0.530. The Hall–Kier alpha value is -1.67. The molecule has 0 spiro atoms. The molecule has 0 aliphatic carbocycles. The molecule has 18 heavy (non-hydrogen) atoms. The number of hydrogen-bond donors (Lipinski definition) is 2. The lowest BCUT2D eigenvalue weighted by Gasteiger charge is -2.14. The van der Waals surface area contributed by atoms with Gasteiger partial charge >= 0.3 is 5.97 Å². The fourth-order valence-corrected chi connectivity index (χ4v) is 3.44. The molecule has 0 saturated carbocycles. The Labute approximate surface area is 103 Å². The number of carboxylic acid groups (broad SMARTS) is 1. The van der Waals surface area contributed by atoms with Crippen molar-refractivity contribution in [3.63, 3.8) is 0 Å². The number of aliphatic carboxylic acids is 1. The summed E-state index contributed by atoms with van der Waals surface area (Å²) in [5.41, 5.74) is -0.698. The number of carbonyl (C=O) groups is 1. The first-order valence-corrected chi connectivity index (χ1v) is 6.77. The summed E-state index contributed by atoms with van der Waals surface area (Å²) >= 11 is 0. The Morgan fingerprint density at radius 1 is 1.50 bits per heavy atom. The van der Waals surface area contributed by atoms with Crippen LogP contribution in [0.2, 0.25) is 0 Å². The van der Waals surface area contributed by atoms with Crippen molar-refractivity contribution in [3.8, 4) is 0 Å². The van der Waals surface area contributed by atoms with Crippen LogP contribution in [0.4, 0.5) is 0 Å². The van der Waals surface area contributed by atoms with Gasteiger partial charge in [-0.2, -0.15) is 4.31 Å². The van der Waals surface area contributed by atoms with Gasteiger partial charge in [0, 0.05) is 19.3 Å². The molecule has 0 aromatic carbocycles. The van der Waals surface area contributed by atoms with Crippen molar-refractivity contribution in [1.82, 2.24) is 9.29 Å². The standard InChI is InChI=1S/C10H12N2O5S/c13-9-8(2-1-4-11-9)18(16,17)12-5-3-7(6-12)10(14)15/h1-2,4,7H,3,5-6H2,(H,11,13)(H,14,15)/t7-/m1/s1. The van der Waals surface area contributed by atoms with E-state index in [2.05, 4.69) is 4.98 Å². The first kappa shape index (κ1) is 12.8. The minimum absolute atomic E-state index is 0.0913. The highest BCUT2D eigenvalue weighted by Gasteiger charge is 2.36. The van der Waals surface area contributed by atoms with Crippen LogP contribution in [-0.4, -0.2) is 41.9 Å². The zero-order valence-electron chi connectivity index (χ0n) is 9.37. The third kappa shape index (κ3) is 2.16. The van der Waals surface area contributed by atoms with E-state index in [-0.39, 0.29) is 24.4 Å². The SMILES string of the molecule is O=C(O)[C@@H]1CCN(S(=O)(=O)c2ccc[nH]c2=O)C1. The highest BCUT2D eigenvalue weighted by molar-refractivity contribution is 7.89. The van der Waals surface area contributed by atoms with Gasteiger partial charge in [0.2, 0.25) is 10.0 Å². The molecule has 0 bridgehead atoms. The number of nitrogens with one attached hydrogen (secondary N) is 1. The molecule has 8 heteroatoms. The second-order valence-corrected chi connectivity index (χ2v) is 5.96. The number of carboxylic acids is 1. The van der Waals surface area contributed by atoms with Crippen molar-refractivity contribution >= 4 is 16.0 Å². The molecular formula is C10H12N2O5S. The minimum Gasteiger partial charge on any atom is -0.481 e. The van der Waals surface area contributed by atoms with Crippen molar-refractivity contribution in [1.29, 1.82) is 0 Å². The van der Waals surface area contributed by atoms with Gasteiger partial charge in [-0.1, -0.05) is 0 Å². The van der Waals surface area contributed by atoms with Gasteiger partial charge < -0.3 is 10.1 Å². The second-order valence-electron chi connectivity index (χ2n) is 4.05. The summed E-state index contributed by atoms with van der Waals surface area (Å²) in [4.78, 5) is 24.2. The van der Waals surface area contributed by atoms with Gasteiger partial charge in [-0.3, -0.25) is 9.59 Å². The number of H-pyrrole nitrogens is 1. The van der Waals surface area contributed by atoms with E-state index in [0.717, 1.165) is 4.31 Å². The van der Waals surface area contributed by atoms with Crippen LogP contribution in [0.15, 0.2) is 28.0 Å². The summed E-state index contributed by atoms with van der Waals surface area (Å²) in [5, 5.41) is 8.83. The van der Waals surface area contributed by atoms with Gasteiger partial charge in [0.1, 0.15) is 4.90 Å². The van der Waals surface area contributed by atoms with Crippen molar-refractivity contribution < 1.29 is 18.3 Å². The summed E-state index contributed by atoms with van der Waals surface area (Å²) in [6.07, 6.45) is 1.60. The number of sulfonamides is 1. The molecule has 7 nitrogen and oxygen atoms in total. The minimum atomic E-state index is -3.91. The van der Waals surface area contributed by atoms with Crippen molar-refractivity contribution in [2.24, 2.45) is 5.92 Å². The van der Waals surface area contributed by atoms with Crippen molar-refractivity contribution in [2.75, 3.05) is 13.1 Å². The van der Waals surface area contributed by atoms with Crippen LogP contribution in [0.1, 0.15) is 6.42 Å². The average Bonchev–Trinajstić information content (AvgIpc) is 2.79. The third-order valence-corrected chi connectivity index (χ3v) is 4.79. The fourth-order valence-electron chi connectivity index (χ4n) is 1.90. The monoisotopic (exact) mass is 272 g/mol. The van der Waals surface area contributed by atoms with E-state index in [4.69, 9.17) is 5.11 Å². The lowest BCUT2D eigenvalue weighted by atomic mass is 10.1. The van der Waals surface area contributed by atoms with E-state index in [9.17, 15) is 18.0 Å². The van der Waals surface area contributed by atoms with Crippen LogP contribution < -0.4 is 5.56 Å². The first-order valence-electron chi connectivity index (χ1n) is 5.33. The van der Waals surface area contributed by atoms with Crippen LogP contribution in [0.5, 0.6) is 0 Å². The molecule has 2 heterocycles. The number of nitrogens with zero attached hydrogens (tertiary/aromatic N) is 1. The van der Waals surface area contributed by atoms with Crippen LogP contribution in [0.25, 0.3) is 0 Å². The number of aromatic amines is 1. The molecule has 1 atom stereocenters. The lowest BCUT2D eigenvalue weighted by Crippen LogP contribution is -2.33. The van der Waals surface area contributed by atoms with Gasteiger partial charge in [-0.15, -0.1) is 0 Å². The van der Waals surface area contributed by atoms with E-state index in [1.165, 1.54) is 18.3 Å². The largest absolute Gasteiger partial charge is 0.481 e.